The van der Waals surface area contributed by atoms with E-state index >= 15 is 0 Å². The van der Waals surface area contributed by atoms with Crippen LogP contribution in [0.3, 0.4) is 0 Å². The summed E-state index contributed by atoms with van der Waals surface area (Å²) >= 11 is 0. The number of carbonyl (C=O) groups excluding carboxylic acids is 1. The van der Waals surface area contributed by atoms with Crippen molar-refractivity contribution in [3.8, 4) is 0 Å². The highest BCUT2D eigenvalue weighted by atomic mass is 16.2. The molecule has 2 N–H and O–H groups in total. The Labute approximate surface area is 104 Å². The van der Waals surface area contributed by atoms with Gasteiger partial charge in [-0.05, 0) is 46.4 Å². The van der Waals surface area contributed by atoms with Crippen molar-refractivity contribution in [3.05, 3.63) is 46.6 Å². The predicted molar refractivity (Wildman–Crippen MR) is 73.4 cm³/mol. The Hall–Kier alpha value is -2.62. The number of anilines is 1. The number of nitrogens with two attached hydrogens (primary N) is 1. The number of primary amides is 1. The molecule has 4 nitrogen and oxygen atoms in total. The van der Waals surface area contributed by atoms with Crippen LogP contribution >= 0.6 is 0 Å². The van der Waals surface area contributed by atoms with Crippen LogP contribution in [0.15, 0.2) is 35.6 Å². The molecule has 0 saturated heterocycles. The van der Waals surface area contributed by atoms with E-state index in [-0.39, 0.29) is 0 Å². The van der Waals surface area contributed by atoms with Gasteiger partial charge in [-0.15, -0.1) is 0 Å². The van der Waals surface area contributed by atoms with Crippen molar-refractivity contribution < 1.29 is 4.79 Å². The normalized spacial score (nSPS) is 15.2. The van der Waals surface area contributed by atoms with Crippen molar-refractivity contribution in [1.82, 2.24) is 0 Å². The molecule has 0 spiro atoms. The summed E-state index contributed by atoms with van der Waals surface area (Å²) in [6.07, 6.45) is 12.8. The zero-order valence-electron chi connectivity index (χ0n) is 9.58. The van der Waals surface area contributed by atoms with Gasteiger partial charge in [-0.2, -0.15) is 0 Å². The maximum Gasteiger partial charge on any atom is 0.323 e. The van der Waals surface area contributed by atoms with Gasteiger partial charge < -0.3 is 5.73 Å². The quantitative estimate of drug-likeness (QED) is 0.710. The molecule has 0 atom stereocenters. The molecule has 0 aliphatic carbocycles. The summed E-state index contributed by atoms with van der Waals surface area (Å²) in [6.45, 7) is 0. The monoisotopic (exact) mass is 237 g/mol. The van der Waals surface area contributed by atoms with E-state index in [9.17, 15) is 4.79 Å². The van der Waals surface area contributed by atoms with E-state index in [1.807, 2.05) is 30.4 Å². The van der Waals surface area contributed by atoms with E-state index in [1.165, 1.54) is 4.90 Å². The van der Waals surface area contributed by atoms with E-state index in [0.717, 1.165) is 21.7 Å². The molecular weight excluding hydrogens is 226 g/mol. The van der Waals surface area contributed by atoms with Gasteiger partial charge in [-0.25, -0.2) is 4.79 Å². The van der Waals surface area contributed by atoms with Gasteiger partial charge in [0.2, 0.25) is 0 Å². The summed E-state index contributed by atoms with van der Waals surface area (Å²) in [7, 11) is 0. The highest BCUT2D eigenvalue weighted by Crippen LogP contribution is 2.12. The standard InChI is InChI=1S/C14H11N3O/c15-14(18)17-7-1-2-12-8-10-3-5-16-6-4-11(10)9-13(12)17/h1-9H,(H2,15,18). The third-order valence-corrected chi connectivity index (χ3v) is 2.92. The Bertz CT molecular complexity index is 726. The van der Waals surface area contributed by atoms with Crippen molar-refractivity contribution in [3.63, 3.8) is 0 Å². The van der Waals surface area contributed by atoms with Crippen LogP contribution in [-0.2, 0) is 0 Å². The van der Waals surface area contributed by atoms with E-state index in [1.54, 1.807) is 24.7 Å². The van der Waals surface area contributed by atoms with Crippen molar-refractivity contribution in [1.29, 1.82) is 0 Å². The highest BCUT2D eigenvalue weighted by Gasteiger charge is 2.13. The summed E-state index contributed by atoms with van der Waals surface area (Å²) in [4.78, 5) is 16.9. The SMILES string of the molecule is NC(=O)N1C=CC=c2cc3c(cc21)=CC=NC=C3. The Morgan fingerprint density at radius 1 is 1.22 bits per heavy atom. The number of allylic oxidation sites excluding steroid dienone is 1. The molecule has 0 fully saturated rings. The van der Waals surface area contributed by atoms with Crippen LogP contribution in [0.25, 0.3) is 18.2 Å². The summed E-state index contributed by atoms with van der Waals surface area (Å²) < 4.78 is 0. The van der Waals surface area contributed by atoms with Gasteiger partial charge in [0.25, 0.3) is 0 Å². The summed E-state index contributed by atoms with van der Waals surface area (Å²) in [5.41, 5.74) is 7.23. The third kappa shape index (κ3) is 1.64. The van der Waals surface area contributed by atoms with Gasteiger partial charge in [0, 0.05) is 18.6 Å². The van der Waals surface area contributed by atoms with Crippen LogP contribution in [0.4, 0.5) is 10.5 Å². The molecule has 3 rings (SSSR count). The van der Waals surface area contributed by atoms with E-state index < -0.39 is 6.03 Å². The van der Waals surface area contributed by atoms with Gasteiger partial charge in [-0.1, -0.05) is 6.08 Å². The van der Waals surface area contributed by atoms with E-state index in [4.69, 9.17) is 5.73 Å². The molecule has 18 heavy (non-hydrogen) atoms. The number of urea groups is 1. The van der Waals surface area contributed by atoms with E-state index in [0.29, 0.717) is 0 Å². The first-order valence-corrected chi connectivity index (χ1v) is 5.57. The first-order chi connectivity index (χ1) is 8.75. The molecule has 2 heterocycles. The Kier molecular flexibility index (Phi) is 2.34. The first-order valence-electron chi connectivity index (χ1n) is 5.57. The first kappa shape index (κ1) is 10.5. The summed E-state index contributed by atoms with van der Waals surface area (Å²) in [5.74, 6) is 0. The second kappa shape index (κ2) is 4.00. The maximum absolute atomic E-state index is 11.4. The molecular formula is C14H11N3O. The van der Waals surface area contributed by atoms with Crippen LogP contribution in [0.5, 0.6) is 0 Å². The van der Waals surface area contributed by atoms with Crippen LogP contribution in [-0.4, -0.2) is 12.2 Å². The van der Waals surface area contributed by atoms with Gasteiger partial charge in [0.15, 0.2) is 0 Å². The number of fused-ring (bicyclic) bond motifs is 2. The average molecular weight is 237 g/mol. The van der Waals surface area contributed by atoms with Gasteiger partial charge >= 0.3 is 6.03 Å². The largest absolute Gasteiger partial charge is 0.351 e. The lowest BCUT2D eigenvalue weighted by atomic mass is 10.1. The lowest BCUT2D eigenvalue weighted by Gasteiger charge is -2.19. The van der Waals surface area contributed by atoms with Crippen molar-refractivity contribution in [2.45, 2.75) is 0 Å². The minimum atomic E-state index is -0.488. The number of aliphatic imine (C=N–C) groups is 1. The molecule has 2 aliphatic rings. The summed E-state index contributed by atoms with van der Waals surface area (Å²) in [5, 5.41) is 1.98. The van der Waals surface area contributed by atoms with Gasteiger partial charge in [0.05, 0.1) is 5.69 Å². The van der Waals surface area contributed by atoms with Gasteiger partial charge in [0.1, 0.15) is 0 Å². The smallest absolute Gasteiger partial charge is 0.323 e. The van der Waals surface area contributed by atoms with Crippen LogP contribution < -0.4 is 21.1 Å². The van der Waals surface area contributed by atoms with Gasteiger partial charge in [-0.3, -0.25) is 9.89 Å². The zero-order valence-corrected chi connectivity index (χ0v) is 9.58. The third-order valence-electron chi connectivity index (χ3n) is 2.92. The van der Waals surface area contributed by atoms with Crippen molar-refractivity contribution >= 4 is 36.2 Å². The fourth-order valence-electron chi connectivity index (χ4n) is 2.07. The molecule has 0 radical (unpaired) electrons. The number of amides is 2. The van der Waals surface area contributed by atoms with Crippen LogP contribution in [0.1, 0.15) is 5.56 Å². The molecule has 2 amide bonds. The maximum atomic E-state index is 11.4. The Morgan fingerprint density at radius 3 is 2.94 bits per heavy atom. The molecule has 1 aromatic rings. The molecule has 2 aliphatic heterocycles. The van der Waals surface area contributed by atoms with Crippen molar-refractivity contribution in [2.24, 2.45) is 10.7 Å². The highest BCUT2D eigenvalue weighted by molar-refractivity contribution is 5.96. The average Bonchev–Trinajstić information content (AvgIpc) is 2.59. The molecule has 1 aromatic carbocycles. The Morgan fingerprint density at radius 2 is 2.11 bits per heavy atom. The fourth-order valence-corrected chi connectivity index (χ4v) is 2.07. The number of hydrogen-bond donors (Lipinski definition) is 1. The number of hydrogen-bond acceptors (Lipinski definition) is 2. The molecule has 0 saturated carbocycles. The number of benzene rings is 1. The second-order valence-electron chi connectivity index (χ2n) is 4.04. The number of nitrogens with zero attached hydrogens (tertiary/aromatic N) is 2. The van der Waals surface area contributed by atoms with Crippen LogP contribution in [0.2, 0.25) is 0 Å². The molecule has 0 aromatic heterocycles. The molecule has 0 bridgehead atoms. The minimum absolute atomic E-state index is 0.488. The van der Waals surface area contributed by atoms with E-state index in [2.05, 4.69) is 4.99 Å². The van der Waals surface area contributed by atoms with Crippen molar-refractivity contribution in [2.75, 3.05) is 4.90 Å². The lowest BCUT2D eigenvalue weighted by molar-refractivity contribution is 0.256. The lowest BCUT2D eigenvalue weighted by Crippen LogP contribution is -2.36. The molecule has 4 heteroatoms. The number of carbonyl (C=O) groups is 1. The second-order valence-corrected chi connectivity index (χ2v) is 4.04. The number of rotatable bonds is 0. The molecule has 0 unspecified atom stereocenters. The predicted octanol–water partition coefficient (Wildman–Crippen LogP) is 0.715. The molecule has 88 valence electrons. The fraction of sp³-hybridized carbons (Fsp3) is 0. The Balaban J connectivity index is 2.30. The van der Waals surface area contributed by atoms with Crippen LogP contribution in [0, 0.1) is 0 Å². The topological polar surface area (TPSA) is 58.7 Å². The zero-order chi connectivity index (χ0) is 12.5. The summed E-state index contributed by atoms with van der Waals surface area (Å²) in [6, 6.07) is 3.47. The minimum Gasteiger partial charge on any atom is -0.351 e.